The number of alkyl halides is 3. The van der Waals surface area contributed by atoms with Gasteiger partial charge < -0.3 is 46.1 Å². The minimum Gasteiger partial charge on any atom is -0.461 e. The Balaban J connectivity index is 0.000000158. The number of benzene rings is 2. The molecule has 8 aromatic rings. The topological polar surface area (TPSA) is 306 Å². The summed E-state index contributed by atoms with van der Waals surface area (Å²) in [5.74, 6) is 2.04. The number of nitrogens with zero attached hydrogens (tertiary/aromatic N) is 13. The van der Waals surface area contributed by atoms with E-state index in [2.05, 4.69) is 57.2 Å². The summed E-state index contributed by atoms with van der Waals surface area (Å²) in [4.78, 5) is 55.6. The number of anilines is 3. The maximum absolute atomic E-state index is 12.8. The molecule has 0 unspecified atom stereocenters. The number of rotatable bonds is 13. The van der Waals surface area contributed by atoms with Crippen LogP contribution in [0.15, 0.2) is 99.3 Å². The summed E-state index contributed by atoms with van der Waals surface area (Å²) >= 11 is 0. The number of likely N-dealkylation sites (N-methyl/N-ethyl adjacent to an activating group) is 1. The third kappa shape index (κ3) is 13.8. The van der Waals surface area contributed by atoms with E-state index in [0.29, 0.717) is 73.7 Å². The lowest BCUT2D eigenvalue weighted by molar-refractivity contribution is -0.147. The number of halogens is 3. The first-order valence-corrected chi connectivity index (χ1v) is 25.9. The molecule has 6 aromatic heterocycles. The van der Waals surface area contributed by atoms with Gasteiger partial charge in [0.15, 0.2) is 11.5 Å². The van der Waals surface area contributed by atoms with Crippen molar-refractivity contribution in [1.82, 2.24) is 63.8 Å². The van der Waals surface area contributed by atoms with E-state index in [9.17, 15) is 31.2 Å². The number of hydrogen-bond acceptors (Lipinski definition) is 19. The van der Waals surface area contributed by atoms with E-state index in [-0.39, 0.29) is 41.2 Å². The smallest absolute Gasteiger partial charge is 0.389 e. The monoisotopic (exact) mass is 1060 g/mol. The third-order valence-electron chi connectivity index (χ3n) is 12.3. The number of piperidine rings is 1. The molecule has 0 atom stereocenters. The first kappa shape index (κ1) is 53.3. The molecule has 23 nitrogen and oxygen atoms in total. The summed E-state index contributed by atoms with van der Waals surface area (Å²) in [5, 5.41) is 11.1. The van der Waals surface area contributed by atoms with Crippen LogP contribution in [0.3, 0.4) is 0 Å². The summed E-state index contributed by atoms with van der Waals surface area (Å²) in [5.41, 5.74) is 20.6. The average Bonchev–Trinajstić information content (AvgIpc) is 4.26. The number of amides is 2. The second-order valence-electron chi connectivity index (χ2n) is 17.7. The van der Waals surface area contributed by atoms with Gasteiger partial charge in [0.2, 0.25) is 39.3 Å². The van der Waals surface area contributed by atoms with E-state index in [1.54, 1.807) is 47.6 Å². The van der Waals surface area contributed by atoms with E-state index in [4.69, 9.17) is 26.0 Å². The first-order valence-electron chi connectivity index (χ1n) is 24.0. The van der Waals surface area contributed by atoms with Crippen LogP contribution in [0.2, 0.25) is 0 Å². The number of furan rings is 2. The van der Waals surface area contributed by atoms with Gasteiger partial charge in [0, 0.05) is 69.6 Å². The van der Waals surface area contributed by atoms with Crippen LogP contribution < -0.4 is 22.5 Å². The molecule has 2 aromatic carbocycles. The number of hydrogen-bond donors (Lipinski definition) is 4. The Morgan fingerprint density at radius 3 is 1.68 bits per heavy atom. The lowest BCUT2D eigenvalue weighted by Crippen LogP contribution is -2.48. The van der Waals surface area contributed by atoms with Crippen LogP contribution in [-0.4, -0.2) is 155 Å². The molecule has 2 amide bonds. The van der Waals surface area contributed by atoms with Crippen molar-refractivity contribution < 1.29 is 40.0 Å². The second-order valence-corrected chi connectivity index (χ2v) is 19.6. The molecule has 8 heterocycles. The van der Waals surface area contributed by atoms with Crippen molar-refractivity contribution in [3.8, 4) is 23.2 Å². The molecule has 0 saturated carbocycles. The van der Waals surface area contributed by atoms with Gasteiger partial charge in [-0.3, -0.25) is 9.59 Å². The predicted octanol–water partition coefficient (Wildman–Crippen LogP) is 4.55. The highest BCUT2D eigenvalue weighted by Crippen LogP contribution is 2.31. The molecule has 0 radical (unpaired) electrons. The molecule has 2 saturated heterocycles. The number of aromatic nitrogens is 10. The van der Waals surface area contributed by atoms with E-state index in [1.807, 2.05) is 41.3 Å². The van der Waals surface area contributed by atoms with Gasteiger partial charge in [-0.2, -0.15) is 52.1 Å². The number of nitrogen functional groups attached to an aromatic ring is 2. The molecule has 7 N–H and O–H groups in total. The number of fused-ring (bicyclic) bond motifs is 2. The van der Waals surface area contributed by atoms with Crippen LogP contribution in [0.5, 0.6) is 0 Å². The Labute approximate surface area is 428 Å². The highest BCUT2D eigenvalue weighted by atomic mass is 32.2. The quantitative estimate of drug-likeness (QED) is 0.123. The Morgan fingerprint density at radius 1 is 0.693 bits per heavy atom. The van der Waals surface area contributed by atoms with Crippen molar-refractivity contribution >= 4 is 51.1 Å². The summed E-state index contributed by atoms with van der Waals surface area (Å²) in [6.45, 7) is 8.54. The number of nitrogens with two attached hydrogens (primary N) is 3. The minimum absolute atomic E-state index is 0.0410. The highest BCUT2D eigenvalue weighted by Gasteiger charge is 2.34. The van der Waals surface area contributed by atoms with Crippen LogP contribution in [0.25, 0.3) is 34.7 Å². The Hall–Kier alpha value is -8.04. The van der Waals surface area contributed by atoms with Crippen molar-refractivity contribution in [2.45, 2.75) is 50.4 Å². The lowest BCUT2D eigenvalue weighted by atomic mass is 9.93. The molecule has 2 aliphatic heterocycles. The zero-order chi connectivity index (χ0) is 53.3. The van der Waals surface area contributed by atoms with Gasteiger partial charge in [0.1, 0.15) is 0 Å². The van der Waals surface area contributed by atoms with Gasteiger partial charge in [0.25, 0.3) is 28.5 Å². The van der Waals surface area contributed by atoms with Crippen LogP contribution in [0.1, 0.15) is 58.0 Å². The van der Waals surface area contributed by atoms with Crippen molar-refractivity contribution in [2.24, 2.45) is 11.7 Å². The summed E-state index contributed by atoms with van der Waals surface area (Å²) in [6, 6.07) is 21.9. The van der Waals surface area contributed by atoms with Crippen molar-refractivity contribution in [3.63, 3.8) is 0 Å². The van der Waals surface area contributed by atoms with Crippen LogP contribution in [0.4, 0.5) is 31.0 Å². The van der Waals surface area contributed by atoms with Gasteiger partial charge in [-0.15, -0.1) is 10.2 Å². The molecule has 75 heavy (non-hydrogen) atoms. The molecule has 27 heteroatoms. The summed E-state index contributed by atoms with van der Waals surface area (Å²) in [6.07, 6.45) is 1.48. The Bertz CT molecular complexity index is 3280. The van der Waals surface area contributed by atoms with Gasteiger partial charge in [-0.05, 0) is 104 Å². The molecule has 2 aliphatic rings. The predicted molar refractivity (Wildman–Crippen MR) is 270 cm³/mol. The molecule has 2 fully saturated rings. The van der Waals surface area contributed by atoms with Crippen molar-refractivity contribution in [1.29, 1.82) is 0 Å². The normalized spacial score (nSPS) is 14.6. The molecular weight excluding hydrogens is 1000 g/mol. The lowest BCUT2D eigenvalue weighted by Gasteiger charge is -2.34. The SMILES string of the molecule is CCN1CCN(C(=O)c2ccc(CCNc3nc(N)n4nc(-c5ccco5)nc4n3)cc2)CC1.CS(=O)(=O)c1nc(N)n2nc(-c3ccco3)nc2n1.NCCc1ccc(C(=O)N2CCC(CC(F)(F)F)CC2)cc1. The largest absolute Gasteiger partial charge is 0.461 e. The fourth-order valence-corrected chi connectivity index (χ4v) is 8.78. The number of likely N-dealkylation sites (tertiary alicyclic amines) is 1. The van der Waals surface area contributed by atoms with Crippen LogP contribution in [0, 0.1) is 5.92 Å². The zero-order valence-electron chi connectivity index (χ0n) is 41.1. The molecule has 0 aliphatic carbocycles. The van der Waals surface area contributed by atoms with Gasteiger partial charge in [0.05, 0.1) is 12.5 Å². The van der Waals surface area contributed by atoms with E-state index >= 15 is 0 Å². The van der Waals surface area contributed by atoms with Gasteiger partial charge >= 0.3 is 6.18 Å². The highest BCUT2D eigenvalue weighted by molar-refractivity contribution is 7.90. The fourth-order valence-electron chi connectivity index (χ4n) is 8.27. The zero-order valence-corrected chi connectivity index (χ0v) is 41.9. The van der Waals surface area contributed by atoms with Gasteiger partial charge in [-0.25, -0.2) is 8.42 Å². The number of carbonyl (C=O) groups is 2. The number of nitrogens with one attached hydrogen (secondary N) is 1. The van der Waals surface area contributed by atoms with Crippen LogP contribution in [-0.2, 0) is 22.7 Å². The second kappa shape index (κ2) is 23.4. The standard InChI is InChI=1S/C23H27N9O2.C16H21F3N2O.C9H8N6O3S/c1-2-30-11-13-31(14-12-30)20(33)17-7-5-16(6-8-17)9-10-25-22-27-21(24)32-23(28-22)26-19(29-32)18-4-3-15-34-18;17-16(18,19)11-13-6-9-21(10-7-13)15(22)14-3-1-12(2-4-14)5-8-20;1-19(16,17)9-12-7(10)15-8(13-9)11-6(14-15)5-3-2-4-18-5/h3-8,15H,2,9-14H2,1H3,(H3,24,25,26,27,28,29);1-4,13H,5-11,20H2;2-4H,1H3,(H2,10,11,12,13,14). The maximum atomic E-state index is 12.8. The minimum atomic E-state index is -4.12. The molecule has 10 rings (SSSR count). The maximum Gasteiger partial charge on any atom is 0.389 e. The summed E-state index contributed by atoms with van der Waals surface area (Å²) < 4.78 is 72.9. The van der Waals surface area contributed by atoms with Crippen molar-refractivity contribution in [2.75, 3.05) is 81.9 Å². The van der Waals surface area contributed by atoms with Crippen LogP contribution >= 0.6 is 0 Å². The molecule has 396 valence electrons. The van der Waals surface area contributed by atoms with E-state index < -0.39 is 27.6 Å². The van der Waals surface area contributed by atoms with E-state index in [0.717, 1.165) is 73.0 Å². The number of sulfone groups is 1. The number of carbonyl (C=O) groups excluding carboxylic acids is 2. The molecular formula is C48H56F3N17O6S. The van der Waals surface area contributed by atoms with E-state index in [1.165, 1.54) is 10.8 Å². The molecule has 0 bridgehead atoms. The van der Waals surface area contributed by atoms with Gasteiger partial charge in [-0.1, -0.05) is 31.2 Å². The molecule has 0 spiro atoms. The third-order valence-corrected chi connectivity index (χ3v) is 13.2. The average molecular weight is 1060 g/mol. The van der Waals surface area contributed by atoms with Crippen molar-refractivity contribution in [3.05, 3.63) is 108 Å². The Kier molecular flexibility index (Phi) is 16.6. The first-order chi connectivity index (χ1) is 35.9. The summed E-state index contributed by atoms with van der Waals surface area (Å²) in [7, 11) is -3.57. The fraction of sp³-hybridized carbons (Fsp3) is 0.375. The number of piperazine rings is 1. The Morgan fingerprint density at radius 2 is 1.20 bits per heavy atom.